The Balaban J connectivity index is 2.10. The van der Waals surface area contributed by atoms with E-state index in [1.807, 2.05) is 36.4 Å². The Hall–Kier alpha value is -2.83. The van der Waals surface area contributed by atoms with Crippen molar-refractivity contribution in [3.63, 3.8) is 0 Å². The summed E-state index contributed by atoms with van der Waals surface area (Å²) in [6.45, 7) is 1.61. The lowest BCUT2D eigenvalue weighted by atomic mass is 9.91. The molecule has 0 fully saturated rings. The normalized spacial score (nSPS) is 13.7. The number of rotatable bonds is 2. The minimum atomic E-state index is -0.914. The summed E-state index contributed by atoms with van der Waals surface area (Å²) in [6, 6.07) is 15.0. The zero-order chi connectivity index (χ0) is 16.1. The molecule has 2 N–H and O–H groups in total. The Morgan fingerprint density at radius 1 is 1.04 bits per heavy atom. The van der Waals surface area contributed by atoms with E-state index in [9.17, 15) is 9.90 Å². The molecular weight excluding hydrogens is 286 g/mol. The van der Waals surface area contributed by atoms with Crippen molar-refractivity contribution in [1.29, 1.82) is 0 Å². The number of carboxylic acid groups (broad SMARTS) is 1. The summed E-state index contributed by atoms with van der Waals surface area (Å²) in [5, 5.41) is 12.8. The van der Waals surface area contributed by atoms with E-state index in [2.05, 4.69) is 23.2 Å². The van der Waals surface area contributed by atoms with Crippen LogP contribution in [-0.2, 0) is 0 Å². The van der Waals surface area contributed by atoms with Crippen LogP contribution in [0.3, 0.4) is 0 Å². The van der Waals surface area contributed by atoms with Crippen molar-refractivity contribution < 1.29 is 9.90 Å². The van der Waals surface area contributed by atoms with Crippen molar-refractivity contribution in [2.24, 2.45) is 0 Å². The van der Waals surface area contributed by atoms with Crippen LogP contribution in [0.25, 0.3) is 5.57 Å². The number of carbonyl (C=O) groups is 1. The fraction of sp³-hybridized carbons (Fsp3) is 0.150. The Bertz CT molecular complexity index is 811. The van der Waals surface area contributed by atoms with Crippen molar-refractivity contribution in [2.75, 3.05) is 13.1 Å². The highest BCUT2D eigenvalue weighted by Crippen LogP contribution is 2.27. The second-order valence-electron chi connectivity index (χ2n) is 5.33. The molecule has 0 saturated heterocycles. The number of nitrogens with one attached hydrogen (secondary N) is 1. The summed E-state index contributed by atoms with van der Waals surface area (Å²) in [6.07, 6.45) is 2.86. The van der Waals surface area contributed by atoms with Gasteiger partial charge in [0.2, 0.25) is 0 Å². The third kappa shape index (κ3) is 3.50. The zero-order valence-electron chi connectivity index (χ0n) is 12.7. The Labute approximate surface area is 135 Å². The van der Waals surface area contributed by atoms with Crippen LogP contribution in [0.15, 0.2) is 54.6 Å². The van der Waals surface area contributed by atoms with Crippen LogP contribution >= 0.6 is 0 Å². The number of aromatic carboxylic acids is 1. The van der Waals surface area contributed by atoms with Crippen LogP contribution in [0.2, 0.25) is 0 Å². The van der Waals surface area contributed by atoms with Crippen molar-refractivity contribution in [3.05, 3.63) is 76.9 Å². The standard InChI is InChI=1S/C20H17NO2/c22-20(23)18-8-4-7-16(10-9-15-5-2-1-3-6-15)19(18)17-11-13-21-14-12-17/h1-8,11,21H,12-14H2,(H,22,23). The number of carboxylic acids is 1. The van der Waals surface area contributed by atoms with Crippen LogP contribution in [0.1, 0.15) is 33.5 Å². The number of hydrogen-bond acceptors (Lipinski definition) is 2. The predicted molar refractivity (Wildman–Crippen MR) is 91.3 cm³/mol. The lowest BCUT2D eigenvalue weighted by molar-refractivity contribution is 0.0696. The molecule has 1 heterocycles. The van der Waals surface area contributed by atoms with E-state index in [1.165, 1.54) is 0 Å². The molecule has 0 spiro atoms. The van der Waals surface area contributed by atoms with Crippen molar-refractivity contribution in [2.45, 2.75) is 6.42 Å². The highest BCUT2D eigenvalue weighted by Gasteiger charge is 2.17. The van der Waals surface area contributed by atoms with Crippen LogP contribution in [0, 0.1) is 11.8 Å². The van der Waals surface area contributed by atoms with Gasteiger partial charge in [-0.05, 0) is 42.8 Å². The molecule has 2 aromatic rings. The molecular formula is C20H17NO2. The van der Waals surface area contributed by atoms with Gasteiger partial charge in [0.15, 0.2) is 0 Å². The van der Waals surface area contributed by atoms with Gasteiger partial charge in [-0.25, -0.2) is 4.79 Å². The fourth-order valence-corrected chi connectivity index (χ4v) is 2.69. The lowest BCUT2D eigenvalue weighted by Crippen LogP contribution is -2.21. The third-order valence-electron chi connectivity index (χ3n) is 3.80. The van der Waals surface area contributed by atoms with Gasteiger partial charge in [-0.15, -0.1) is 0 Å². The van der Waals surface area contributed by atoms with Crippen molar-refractivity contribution >= 4 is 11.5 Å². The molecule has 1 aliphatic heterocycles. The molecule has 0 atom stereocenters. The summed E-state index contributed by atoms with van der Waals surface area (Å²) in [7, 11) is 0. The first kappa shape index (κ1) is 15.1. The van der Waals surface area contributed by atoms with E-state index in [1.54, 1.807) is 12.1 Å². The van der Waals surface area contributed by atoms with Gasteiger partial charge in [0.1, 0.15) is 0 Å². The molecule has 2 aromatic carbocycles. The van der Waals surface area contributed by atoms with Gasteiger partial charge >= 0.3 is 5.97 Å². The average Bonchev–Trinajstić information content (AvgIpc) is 2.61. The second kappa shape index (κ2) is 6.95. The summed E-state index contributed by atoms with van der Waals surface area (Å²) >= 11 is 0. The molecule has 0 aromatic heterocycles. The topological polar surface area (TPSA) is 49.3 Å². The maximum absolute atomic E-state index is 11.6. The van der Waals surface area contributed by atoms with E-state index in [0.29, 0.717) is 5.56 Å². The van der Waals surface area contributed by atoms with Gasteiger partial charge in [0.05, 0.1) is 5.56 Å². The summed E-state index contributed by atoms with van der Waals surface area (Å²) < 4.78 is 0. The van der Waals surface area contributed by atoms with Crippen molar-refractivity contribution in [3.8, 4) is 11.8 Å². The van der Waals surface area contributed by atoms with Crippen LogP contribution in [0.5, 0.6) is 0 Å². The molecule has 0 bridgehead atoms. The minimum Gasteiger partial charge on any atom is -0.478 e. The zero-order valence-corrected chi connectivity index (χ0v) is 12.7. The second-order valence-corrected chi connectivity index (χ2v) is 5.33. The van der Waals surface area contributed by atoms with Crippen LogP contribution in [0.4, 0.5) is 0 Å². The van der Waals surface area contributed by atoms with E-state index in [0.717, 1.165) is 41.8 Å². The summed E-state index contributed by atoms with van der Waals surface area (Å²) in [5.41, 5.74) is 3.81. The van der Waals surface area contributed by atoms with E-state index in [-0.39, 0.29) is 0 Å². The average molecular weight is 303 g/mol. The van der Waals surface area contributed by atoms with Gasteiger partial charge in [0, 0.05) is 23.2 Å². The number of benzene rings is 2. The van der Waals surface area contributed by atoms with E-state index < -0.39 is 5.97 Å². The lowest BCUT2D eigenvalue weighted by Gasteiger charge is -2.17. The SMILES string of the molecule is O=C(O)c1cccc(C#Cc2ccccc2)c1C1=CCNCC1. The van der Waals surface area contributed by atoms with Crippen LogP contribution < -0.4 is 5.32 Å². The summed E-state index contributed by atoms with van der Waals surface area (Å²) in [5.74, 6) is 5.35. The first-order valence-corrected chi connectivity index (χ1v) is 7.59. The maximum Gasteiger partial charge on any atom is 0.336 e. The maximum atomic E-state index is 11.6. The molecule has 0 amide bonds. The van der Waals surface area contributed by atoms with E-state index >= 15 is 0 Å². The molecule has 0 unspecified atom stereocenters. The highest BCUT2D eigenvalue weighted by atomic mass is 16.4. The fourth-order valence-electron chi connectivity index (χ4n) is 2.69. The molecule has 0 saturated carbocycles. The van der Waals surface area contributed by atoms with Crippen molar-refractivity contribution in [1.82, 2.24) is 5.32 Å². The Morgan fingerprint density at radius 2 is 1.87 bits per heavy atom. The molecule has 0 radical (unpaired) electrons. The monoisotopic (exact) mass is 303 g/mol. The molecule has 3 nitrogen and oxygen atoms in total. The summed E-state index contributed by atoms with van der Waals surface area (Å²) in [4.78, 5) is 11.6. The highest BCUT2D eigenvalue weighted by molar-refractivity contribution is 5.95. The van der Waals surface area contributed by atoms with Gasteiger partial charge in [-0.2, -0.15) is 0 Å². The van der Waals surface area contributed by atoms with Gasteiger partial charge < -0.3 is 10.4 Å². The van der Waals surface area contributed by atoms with Crippen LogP contribution in [-0.4, -0.2) is 24.2 Å². The largest absolute Gasteiger partial charge is 0.478 e. The third-order valence-corrected chi connectivity index (χ3v) is 3.80. The van der Waals surface area contributed by atoms with Gasteiger partial charge in [-0.1, -0.05) is 42.2 Å². The molecule has 114 valence electrons. The molecule has 0 aliphatic carbocycles. The molecule has 3 heteroatoms. The van der Waals surface area contributed by atoms with Gasteiger partial charge in [-0.3, -0.25) is 0 Å². The first-order valence-electron chi connectivity index (χ1n) is 7.59. The first-order chi connectivity index (χ1) is 11.3. The predicted octanol–water partition coefficient (Wildman–Crippen LogP) is 3.16. The van der Waals surface area contributed by atoms with Gasteiger partial charge in [0.25, 0.3) is 0 Å². The molecule has 3 rings (SSSR count). The molecule has 23 heavy (non-hydrogen) atoms. The Morgan fingerprint density at radius 3 is 2.57 bits per heavy atom. The number of hydrogen-bond donors (Lipinski definition) is 2. The quantitative estimate of drug-likeness (QED) is 0.838. The smallest absolute Gasteiger partial charge is 0.336 e. The molecule has 1 aliphatic rings. The Kier molecular flexibility index (Phi) is 4.56. The van der Waals surface area contributed by atoms with E-state index in [4.69, 9.17) is 0 Å². The minimum absolute atomic E-state index is 0.318.